The number of anilines is 1. The van der Waals surface area contributed by atoms with Gasteiger partial charge in [-0.15, -0.1) is 0 Å². The van der Waals surface area contributed by atoms with Crippen LogP contribution in [0.2, 0.25) is 0 Å². The first-order valence-corrected chi connectivity index (χ1v) is 8.31. The Morgan fingerprint density at radius 2 is 1.56 bits per heavy atom. The third kappa shape index (κ3) is 5.57. The van der Waals surface area contributed by atoms with Gasteiger partial charge in [0, 0.05) is 17.7 Å². The molecule has 5 heteroatoms. The van der Waals surface area contributed by atoms with Gasteiger partial charge in [-0.2, -0.15) is 5.10 Å². The normalized spacial score (nSPS) is 11.1. The van der Waals surface area contributed by atoms with Crippen molar-refractivity contribution in [3.05, 3.63) is 65.2 Å². The molecule has 2 aromatic rings. The molecule has 0 aliphatic heterocycles. The summed E-state index contributed by atoms with van der Waals surface area (Å²) in [6.45, 7) is 5.82. The Labute approximate surface area is 148 Å². The Morgan fingerprint density at radius 1 is 0.960 bits per heavy atom. The predicted octanol–water partition coefficient (Wildman–Crippen LogP) is 3.89. The monoisotopic (exact) mass is 337 g/mol. The average molecular weight is 337 g/mol. The summed E-state index contributed by atoms with van der Waals surface area (Å²) in [5, 5.41) is 6.93. The third-order valence-corrected chi connectivity index (χ3v) is 3.70. The van der Waals surface area contributed by atoms with Gasteiger partial charge in [-0.25, -0.2) is 5.43 Å². The number of amides is 2. The fourth-order valence-electron chi connectivity index (χ4n) is 2.21. The van der Waals surface area contributed by atoms with Gasteiger partial charge in [0.2, 0.25) is 5.91 Å². The van der Waals surface area contributed by atoms with Crippen LogP contribution < -0.4 is 10.7 Å². The minimum Gasteiger partial charge on any atom is -0.326 e. The molecule has 5 nitrogen and oxygen atoms in total. The average Bonchev–Trinajstić information content (AvgIpc) is 2.61. The van der Waals surface area contributed by atoms with Crippen LogP contribution in [0.15, 0.2) is 53.6 Å². The Hall–Kier alpha value is -2.95. The molecule has 0 aliphatic carbocycles. The Bertz CT molecular complexity index is 763. The summed E-state index contributed by atoms with van der Waals surface area (Å²) in [6.07, 6.45) is 1.28. The van der Waals surface area contributed by atoms with Crippen molar-refractivity contribution in [2.24, 2.45) is 5.10 Å². The summed E-state index contributed by atoms with van der Waals surface area (Å²) in [6, 6.07) is 14.7. The minimum absolute atomic E-state index is 0.0296. The standard InChI is InChI=1S/C20H23N3O2/c1-4-5-19(24)21-18-12-10-17(11-13-18)20(25)23-22-15(3)16-8-6-14(2)7-9-16/h6-13H,4-5H2,1-3H3,(H,21,24)(H,23,25)/b22-15+. The van der Waals surface area contributed by atoms with Crippen molar-refractivity contribution >= 4 is 23.2 Å². The van der Waals surface area contributed by atoms with Gasteiger partial charge in [-0.3, -0.25) is 9.59 Å². The Balaban J connectivity index is 1.97. The van der Waals surface area contributed by atoms with Crippen LogP contribution in [0.3, 0.4) is 0 Å². The zero-order valence-corrected chi connectivity index (χ0v) is 14.8. The van der Waals surface area contributed by atoms with Crippen LogP contribution in [-0.4, -0.2) is 17.5 Å². The molecular weight excluding hydrogens is 314 g/mol. The number of nitrogens with zero attached hydrogens (tertiary/aromatic N) is 1. The number of rotatable bonds is 6. The number of carbonyl (C=O) groups is 2. The summed E-state index contributed by atoms with van der Waals surface area (Å²) in [5.74, 6) is -0.323. The number of hydrogen-bond donors (Lipinski definition) is 2. The van der Waals surface area contributed by atoms with E-state index in [1.165, 1.54) is 5.56 Å². The van der Waals surface area contributed by atoms with E-state index in [9.17, 15) is 9.59 Å². The number of nitrogens with one attached hydrogen (secondary N) is 2. The first-order valence-electron chi connectivity index (χ1n) is 8.31. The van der Waals surface area contributed by atoms with Crippen molar-refractivity contribution < 1.29 is 9.59 Å². The summed E-state index contributed by atoms with van der Waals surface area (Å²) in [7, 11) is 0. The molecule has 2 amide bonds. The number of carbonyl (C=O) groups excluding carboxylic acids is 2. The van der Waals surface area contributed by atoms with Gasteiger partial charge in [-0.05, 0) is 50.1 Å². The number of aryl methyl sites for hydroxylation is 1. The summed E-state index contributed by atoms with van der Waals surface area (Å²) in [5.41, 5.74) is 6.57. The lowest BCUT2D eigenvalue weighted by molar-refractivity contribution is -0.116. The quantitative estimate of drug-likeness (QED) is 0.620. The van der Waals surface area contributed by atoms with E-state index in [-0.39, 0.29) is 11.8 Å². The highest BCUT2D eigenvalue weighted by atomic mass is 16.2. The van der Waals surface area contributed by atoms with Crippen molar-refractivity contribution in [2.75, 3.05) is 5.32 Å². The molecule has 0 heterocycles. The van der Waals surface area contributed by atoms with Crippen molar-refractivity contribution in [3.8, 4) is 0 Å². The van der Waals surface area contributed by atoms with Gasteiger partial charge >= 0.3 is 0 Å². The van der Waals surface area contributed by atoms with E-state index >= 15 is 0 Å². The molecule has 0 unspecified atom stereocenters. The van der Waals surface area contributed by atoms with Crippen LogP contribution in [0.25, 0.3) is 0 Å². The van der Waals surface area contributed by atoms with E-state index in [4.69, 9.17) is 0 Å². The lowest BCUT2D eigenvalue weighted by atomic mass is 10.1. The van der Waals surface area contributed by atoms with E-state index in [0.29, 0.717) is 17.7 Å². The zero-order chi connectivity index (χ0) is 18.2. The second-order valence-corrected chi connectivity index (χ2v) is 5.88. The highest BCUT2D eigenvalue weighted by Gasteiger charge is 2.06. The topological polar surface area (TPSA) is 70.6 Å². The number of hydrazone groups is 1. The molecule has 0 aliphatic rings. The summed E-state index contributed by atoms with van der Waals surface area (Å²) >= 11 is 0. The molecule has 0 aromatic heterocycles. The molecule has 2 rings (SSSR count). The first-order chi connectivity index (χ1) is 12.0. The molecule has 0 atom stereocenters. The smallest absolute Gasteiger partial charge is 0.271 e. The maximum Gasteiger partial charge on any atom is 0.271 e. The van der Waals surface area contributed by atoms with Crippen molar-refractivity contribution in [3.63, 3.8) is 0 Å². The fraction of sp³-hybridized carbons (Fsp3) is 0.250. The molecule has 0 saturated heterocycles. The van der Waals surface area contributed by atoms with Crippen LogP contribution in [-0.2, 0) is 4.79 Å². The maximum absolute atomic E-state index is 12.2. The molecule has 0 bridgehead atoms. The Kier molecular flexibility index (Phi) is 6.46. The third-order valence-electron chi connectivity index (χ3n) is 3.70. The summed E-state index contributed by atoms with van der Waals surface area (Å²) < 4.78 is 0. The lowest BCUT2D eigenvalue weighted by Crippen LogP contribution is -2.19. The molecular formula is C20H23N3O2. The molecule has 2 aromatic carbocycles. The van der Waals surface area contributed by atoms with Crippen LogP contribution in [0, 0.1) is 6.92 Å². The predicted molar refractivity (Wildman–Crippen MR) is 101 cm³/mol. The van der Waals surface area contributed by atoms with E-state index in [2.05, 4.69) is 15.8 Å². The van der Waals surface area contributed by atoms with E-state index in [1.54, 1.807) is 24.3 Å². The van der Waals surface area contributed by atoms with Gasteiger partial charge in [0.1, 0.15) is 0 Å². The Morgan fingerprint density at radius 3 is 2.16 bits per heavy atom. The number of benzene rings is 2. The van der Waals surface area contributed by atoms with Crippen molar-refractivity contribution in [1.29, 1.82) is 0 Å². The maximum atomic E-state index is 12.2. The molecule has 2 N–H and O–H groups in total. The number of hydrogen-bond acceptors (Lipinski definition) is 3. The van der Waals surface area contributed by atoms with Gasteiger partial charge in [0.05, 0.1) is 5.71 Å². The van der Waals surface area contributed by atoms with Gasteiger partial charge in [0.25, 0.3) is 5.91 Å². The van der Waals surface area contributed by atoms with Crippen LogP contribution in [0.5, 0.6) is 0 Å². The van der Waals surface area contributed by atoms with Crippen LogP contribution in [0.1, 0.15) is 48.2 Å². The zero-order valence-electron chi connectivity index (χ0n) is 14.8. The van der Waals surface area contributed by atoms with Gasteiger partial charge < -0.3 is 5.32 Å². The second-order valence-electron chi connectivity index (χ2n) is 5.88. The second kappa shape index (κ2) is 8.78. The molecule has 130 valence electrons. The summed E-state index contributed by atoms with van der Waals surface area (Å²) in [4.78, 5) is 23.7. The largest absolute Gasteiger partial charge is 0.326 e. The van der Waals surface area contributed by atoms with Crippen molar-refractivity contribution in [1.82, 2.24) is 5.43 Å². The SMILES string of the molecule is CCCC(=O)Nc1ccc(C(=O)N/N=C(\C)c2ccc(C)cc2)cc1. The highest BCUT2D eigenvalue weighted by molar-refractivity contribution is 6.01. The lowest BCUT2D eigenvalue weighted by Gasteiger charge is -2.06. The molecule has 0 fully saturated rings. The van der Waals surface area contributed by atoms with E-state index in [1.807, 2.05) is 45.0 Å². The minimum atomic E-state index is -0.294. The van der Waals surface area contributed by atoms with Gasteiger partial charge in [0.15, 0.2) is 0 Å². The van der Waals surface area contributed by atoms with Crippen molar-refractivity contribution in [2.45, 2.75) is 33.6 Å². The highest BCUT2D eigenvalue weighted by Crippen LogP contribution is 2.10. The van der Waals surface area contributed by atoms with E-state index < -0.39 is 0 Å². The molecule has 0 spiro atoms. The van der Waals surface area contributed by atoms with Crippen LogP contribution >= 0.6 is 0 Å². The molecule has 0 saturated carbocycles. The van der Waals surface area contributed by atoms with Gasteiger partial charge in [-0.1, -0.05) is 36.8 Å². The molecule has 0 radical (unpaired) electrons. The first kappa shape index (κ1) is 18.4. The fourth-order valence-corrected chi connectivity index (χ4v) is 2.21. The van der Waals surface area contributed by atoms with Crippen LogP contribution in [0.4, 0.5) is 5.69 Å². The molecule has 25 heavy (non-hydrogen) atoms. The van der Waals surface area contributed by atoms with E-state index in [0.717, 1.165) is 17.7 Å².